The van der Waals surface area contributed by atoms with Crippen LogP contribution in [0.25, 0.3) is 0 Å². The van der Waals surface area contributed by atoms with Crippen LogP contribution < -0.4 is 0 Å². The highest BCUT2D eigenvalue weighted by molar-refractivity contribution is 5.89. The highest BCUT2D eigenvalue weighted by Crippen LogP contribution is 2.30. The lowest BCUT2D eigenvalue weighted by Gasteiger charge is -2.56. The molecule has 0 unspecified atom stereocenters. The van der Waals surface area contributed by atoms with E-state index in [-0.39, 0.29) is 17.5 Å². The summed E-state index contributed by atoms with van der Waals surface area (Å²) in [5.74, 6) is -0.207. The largest absolute Gasteiger partial charge is 0.459 e. The Bertz CT molecular complexity index is 860. The lowest BCUT2D eigenvalue weighted by Crippen LogP contribution is -2.75. The molecule has 0 spiro atoms. The molecule has 1 aromatic carbocycles. The Hall–Kier alpha value is -1.47. The number of nitrogens with zero attached hydrogens (tertiary/aromatic N) is 4. The van der Waals surface area contributed by atoms with Gasteiger partial charge in [-0.1, -0.05) is 32.9 Å². The Morgan fingerprint density at radius 2 is 1.31 bits per heavy atom. The Kier molecular flexibility index (Phi) is 6.79. The molecular weight excluding hydrogens is 436 g/mol. The van der Waals surface area contributed by atoms with Crippen LogP contribution in [0.3, 0.4) is 0 Å². The van der Waals surface area contributed by atoms with Crippen molar-refractivity contribution in [2.45, 2.75) is 46.8 Å². The van der Waals surface area contributed by atoms with E-state index in [4.69, 9.17) is 4.74 Å². The van der Waals surface area contributed by atoms with Crippen molar-refractivity contribution in [3.05, 3.63) is 35.4 Å². The maximum Gasteiger partial charge on any atom is 0.338 e. The zero-order valence-electron chi connectivity index (χ0n) is 22.8. The zero-order chi connectivity index (χ0) is 24.7. The fraction of sp³-hybridized carbons (Fsp3) is 0.759. The van der Waals surface area contributed by atoms with Gasteiger partial charge >= 0.3 is 5.97 Å². The van der Waals surface area contributed by atoms with Crippen molar-refractivity contribution < 1.29 is 23.0 Å². The summed E-state index contributed by atoms with van der Waals surface area (Å²) in [5.41, 5.74) is 1.97. The molecule has 6 saturated heterocycles. The molecule has 1 atom stereocenters. The van der Waals surface area contributed by atoms with Gasteiger partial charge in [-0.25, -0.2) is 4.79 Å². The Morgan fingerprint density at radius 1 is 0.829 bits per heavy atom. The first kappa shape index (κ1) is 25.2. The van der Waals surface area contributed by atoms with Crippen molar-refractivity contribution in [2.24, 2.45) is 5.41 Å². The van der Waals surface area contributed by atoms with E-state index in [1.807, 2.05) is 19.1 Å². The number of piperazine rings is 6. The van der Waals surface area contributed by atoms with Gasteiger partial charge in [-0.3, -0.25) is 4.90 Å². The molecule has 4 bridgehead atoms. The standard InChI is InChI=1S/C29H49N4O2/c1-25(29(2,3)4)35-28(34)27-8-6-26(7-9-27)24-33-21-18-32(19-22-33,20-23-33)14-5-13-31-15-10-30(11-16-31)12-17-31/h6-9,25H,5,10-24H2,1-4H3/q+3/t25-,32?,33?/m1/s1. The summed E-state index contributed by atoms with van der Waals surface area (Å²) in [7, 11) is 0. The van der Waals surface area contributed by atoms with Crippen LogP contribution in [-0.2, 0) is 11.3 Å². The molecule has 0 amide bonds. The summed E-state index contributed by atoms with van der Waals surface area (Å²) in [5, 5.41) is 0. The predicted molar refractivity (Wildman–Crippen MR) is 140 cm³/mol. The van der Waals surface area contributed by atoms with Crippen molar-refractivity contribution in [2.75, 3.05) is 91.6 Å². The van der Waals surface area contributed by atoms with Gasteiger partial charge in [0.05, 0.1) is 38.3 Å². The Labute approximate surface area is 213 Å². The topological polar surface area (TPSA) is 29.5 Å². The number of rotatable bonds is 8. The summed E-state index contributed by atoms with van der Waals surface area (Å²) in [6.45, 7) is 28.3. The van der Waals surface area contributed by atoms with Crippen molar-refractivity contribution in [3.8, 4) is 0 Å². The van der Waals surface area contributed by atoms with E-state index in [9.17, 15) is 4.79 Å². The molecule has 0 radical (unpaired) electrons. The minimum Gasteiger partial charge on any atom is -0.459 e. The molecular formula is C29H49N4O2+3. The number of hydrogen-bond acceptors (Lipinski definition) is 3. The van der Waals surface area contributed by atoms with E-state index < -0.39 is 0 Å². The Balaban J connectivity index is 1.10. The summed E-state index contributed by atoms with van der Waals surface area (Å²) in [6.07, 6.45) is 1.30. The first-order valence-electron chi connectivity index (χ1n) is 14.2. The van der Waals surface area contributed by atoms with Crippen molar-refractivity contribution in [1.29, 1.82) is 0 Å². The third-order valence-corrected chi connectivity index (χ3v) is 10.3. The maximum atomic E-state index is 12.6. The molecule has 6 aliphatic heterocycles. The second kappa shape index (κ2) is 9.44. The second-order valence-electron chi connectivity index (χ2n) is 13.4. The fourth-order valence-corrected chi connectivity index (χ4v) is 6.86. The highest BCUT2D eigenvalue weighted by atomic mass is 16.5. The molecule has 6 aliphatic rings. The molecule has 35 heavy (non-hydrogen) atoms. The SMILES string of the molecule is C[C@@H](OC(=O)c1ccc(C[N+]23CC[N+](CCC[N+]45CCN(CC4)CC5)(CC2)CC3)cc1)C(C)(C)C. The molecule has 0 N–H and O–H groups in total. The van der Waals surface area contributed by atoms with Crippen LogP contribution in [0.4, 0.5) is 0 Å². The summed E-state index contributed by atoms with van der Waals surface area (Å²) in [6, 6.07) is 8.24. The van der Waals surface area contributed by atoms with Gasteiger partial charge in [0, 0.05) is 31.6 Å². The second-order valence-corrected chi connectivity index (χ2v) is 13.4. The van der Waals surface area contributed by atoms with Crippen molar-refractivity contribution in [3.63, 3.8) is 0 Å². The number of carbonyl (C=O) groups excluding carboxylic acids is 1. The van der Waals surface area contributed by atoms with Crippen LogP contribution >= 0.6 is 0 Å². The monoisotopic (exact) mass is 485 g/mol. The van der Waals surface area contributed by atoms with Crippen LogP contribution in [0.15, 0.2) is 24.3 Å². The van der Waals surface area contributed by atoms with Crippen LogP contribution in [0.1, 0.15) is 50.0 Å². The van der Waals surface area contributed by atoms with Crippen LogP contribution in [0.2, 0.25) is 0 Å². The van der Waals surface area contributed by atoms with E-state index >= 15 is 0 Å². The van der Waals surface area contributed by atoms with E-state index in [0.717, 1.165) is 6.54 Å². The molecule has 6 heterocycles. The highest BCUT2D eigenvalue weighted by Gasteiger charge is 2.49. The molecule has 1 aromatic rings. The number of fused-ring (bicyclic) bond motifs is 6. The average molecular weight is 486 g/mol. The number of carbonyl (C=O) groups is 1. The fourth-order valence-electron chi connectivity index (χ4n) is 6.86. The number of hydrogen-bond donors (Lipinski definition) is 0. The Morgan fingerprint density at radius 3 is 1.83 bits per heavy atom. The van der Waals surface area contributed by atoms with Gasteiger partial charge in [0.25, 0.3) is 0 Å². The minimum atomic E-state index is -0.207. The first-order chi connectivity index (χ1) is 16.6. The molecule has 0 aliphatic carbocycles. The van der Waals surface area contributed by atoms with Crippen LogP contribution in [0.5, 0.6) is 0 Å². The summed E-state index contributed by atoms with van der Waals surface area (Å²) >= 11 is 0. The van der Waals surface area contributed by atoms with Gasteiger partial charge in [0.2, 0.25) is 0 Å². The molecule has 6 heteroatoms. The number of ether oxygens (including phenoxy) is 1. The molecule has 6 nitrogen and oxygen atoms in total. The molecule has 0 saturated carbocycles. The van der Waals surface area contributed by atoms with E-state index in [1.54, 1.807) is 0 Å². The number of benzene rings is 1. The number of esters is 1. The minimum absolute atomic E-state index is 0.0471. The smallest absolute Gasteiger partial charge is 0.338 e. The van der Waals surface area contributed by atoms with Gasteiger partial charge < -0.3 is 18.2 Å². The number of quaternary nitrogens is 3. The first-order valence-corrected chi connectivity index (χ1v) is 14.2. The zero-order valence-corrected chi connectivity index (χ0v) is 22.8. The van der Waals surface area contributed by atoms with E-state index in [1.165, 1.54) is 117 Å². The van der Waals surface area contributed by atoms with Crippen molar-refractivity contribution in [1.82, 2.24) is 4.90 Å². The molecule has 7 rings (SSSR count). The molecule has 194 valence electrons. The maximum absolute atomic E-state index is 12.6. The van der Waals surface area contributed by atoms with Crippen LogP contribution in [-0.4, -0.2) is 122 Å². The predicted octanol–water partition coefficient (Wildman–Crippen LogP) is 2.97. The third-order valence-electron chi connectivity index (χ3n) is 10.3. The molecule has 0 aromatic heterocycles. The van der Waals surface area contributed by atoms with Gasteiger partial charge in [0.1, 0.15) is 51.9 Å². The van der Waals surface area contributed by atoms with Gasteiger partial charge in [-0.05, 0) is 24.5 Å². The normalized spacial score (nSPS) is 35.1. The van der Waals surface area contributed by atoms with E-state index in [2.05, 4.69) is 37.8 Å². The van der Waals surface area contributed by atoms with Gasteiger partial charge in [0.15, 0.2) is 0 Å². The summed E-state index contributed by atoms with van der Waals surface area (Å²) < 4.78 is 9.71. The van der Waals surface area contributed by atoms with Gasteiger partial charge in [-0.15, -0.1) is 0 Å². The summed E-state index contributed by atoms with van der Waals surface area (Å²) in [4.78, 5) is 15.2. The van der Waals surface area contributed by atoms with Crippen LogP contribution in [0, 0.1) is 5.41 Å². The quantitative estimate of drug-likeness (QED) is 0.419. The molecule has 6 fully saturated rings. The lowest BCUT2D eigenvalue weighted by molar-refractivity contribution is -1.09. The average Bonchev–Trinajstić information content (AvgIpc) is 2.86. The lowest BCUT2D eigenvalue weighted by atomic mass is 9.90. The van der Waals surface area contributed by atoms with Crippen molar-refractivity contribution >= 4 is 5.97 Å². The van der Waals surface area contributed by atoms with E-state index in [0.29, 0.717) is 5.56 Å². The third kappa shape index (κ3) is 5.46. The van der Waals surface area contributed by atoms with Gasteiger partial charge in [-0.2, -0.15) is 0 Å².